The Morgan fingerprint density at radius 1 is 1.24 bits per heavy atom. The number of hydrogen-bond donors (Lipinski definition) is 1. The summed E-state index contributed by atoms with van der Waals surface area (Å²) in [5.74, 6) is -0.114. The number of carbonyl (C=O) groups is 1. The second-order valence-corrected chi connectivity index (χ2v) is 6.23. The van der Waals surface area contributed by atoms with E-state index in [9.17, 15) is 4.79 Å². The van der Waals surface area contributed by atoms with Gasteiger partial charge in [-0.05, 0) is 53.2 Å². The SMILES string of the molecule is CCCNC(C)(CCCN1CCN(C)CC1)C(=O)OCC. The van der Waals surface area contributed by atoms with E-state index in [4.69, 9.17) is 4.74 Å². The Balaban J connectivity index is 2.39. The van der Waals surface area contributed by atoms with E-state index in [2.05, 4.69) is 29.1 Å². The van der Waals surface area contributed by atoms with Crippen molar-refractivity contribution in [1.29, 1.82) is 0 Å². The van der Waals surface area contributed by atoms with Crippen LogP contribution in [0.1, 0.15) is 40.0 Å². The van der Waals surface area contributed by atoms with Crippen molar-refractivity contribution in [3.8, 4) is 0 Å². The average Bonchev–Trinajstić information content (AvgIpc) is 2.47. The molecule has 1 unspecified atom stereocenters. The molecule has 5 heteroatoms. The van der Waals surface area contributed by atoms with Gasteiger partial charge in [-0.2, -0.15) is 0 Å². The van der Waals surface area contributed by atoms with E-state index >= 15 is 0 Å². The van der Waals surface area contributed by atoms with Crippen molar-refractivity contribution in [1.82, 2.24) is 15.1 Å². The third-order valence-corrected chi connectivity index (χ3v) is 4.24. The zero-order valence-corrected chi connectivity index (χ0v) is 14.3. The summed E-state index contributed by atoms with van der Waals surface area (Å²) in [6.45, 7) is 12.9. The van der Waals surface area contributed by atoms with Crippen LogP contribution in [-0.4, -0.2) is 74.2 Å². The van der Waals surface area contributed by atoms with Crippen LogP contribution in [0.2, 0.25) is 0 Å². The number of rotatable bonds is 9. The molecule has 0 aromatic carbocycles. The molecule has 1 aliphatic heterocycles. The van der Waals surface area contributed by atoms with Crippen LogP contribution in [0.3, 0.4) is 0 Å². The van der Waals surface area contributed by atoms with Crippen LogP contribution in [0.15, 0.2) is 0 Å². The number of carbonyl (C=O) groups excluding carboxylic acids is 1. The summed E-state index contributed by atoms with van der Waals surface area (Å²) in [5.41, 5.74) is -0.543. The van der Waals surface area contributed by atoms with Crippen LogP contribution in [0.25, 0.3) is 0 Å². The quantitative estimate of drug-likeness (QED) is 0.651. The molecule has 0 radical (unpaired) electrons. The molecule has 21 heavy (non-hydrogen) atoms. The molecule has 1 rings (SSSR count). The molecule has 1 heterocycles. The van der Waals surface area contributed by atoms with Crippen molar-refractivity contribution in [2.75, 3.05) is 52.9 Å². The minimum Gasteiger partial charge on any atom is -0.465 e. The van der Waals surface area contributed by atoms with E-state index in [1.807, 2.05) is 13.8 Å². The summed E-state index contributed by atoms with van der Waals surface area (Å²) >= 11 is 0. The summed E-state index contributed by atoms with van der Waals surface area (Å²) in [4.78, 5) is 17.0. The van der Waals surface area contributed by atoms with Gasteiger partial charge in [-0.1, -0.05) is 6.92 Å². The van der Waals surface area contributed by atoms with Crippen LogP contribution in [-0.2, 0) is 9.53 Å². The van der Waals surface area contributed by atoms with Crippen LogP contribution in [0.4, 0.5) is 0 Å². The Morgan fingerprint density at radius 2 is 1.90 bits per heavy atom. The summed E-state index contributed by atoms with van der Waals surface area (Å²) in [5, 5.41) is 3.37. The van der Waals surface area contributed by atoms with E-state index in [-0.39, 0.29) is 5.97 Å². The van der Waals surface area contributed by atoms with Crippen molar-refractivity contribution in [2.45, 2.75) is 45.6 Å². The molecule has 1 fully saturated rings. The third-order valence-electron chi connectivity index (χ3n) is 4.24. The Labute approximate surface area is 130 Å². The fourth-order valence-electron chi connectivity index (χ4n) is 2.68. The molecule has 1 N–H and O–H groups in total. The number of nitrogens with one attached hydrogen (secondary N) is 1. The minimum atomic E-state index is -0.543. The first-order valence-corrected chi connectivity index (χ1v) is 8.35. The number of ether oxygens (including phenoxy) is 1. The summed E-state index contributed by atoms with van der Waals surface area (Å²) in [7, 11) is 2.17. The molecule has 0 aliphatic carbocycles. The van der Waals surface area contributed by atoms with Gasteiger partial charge in [0.25, 0.3) is 0 Å². The predicted octanol–water partition coefficient (Wildman–Crippen LogP) is 1.34. The predicted molar refractivity (Wildman–Crippen MR) is 86.5 cm³/mol. The number of nitrogens with zero attached hydrogens (tertiary/aromatic N) is 2. The van der Waals surface area contributed by atoms with Crippen LogP contribution in [0, 0.1) is 0 Å². The standard InChI is InChI=1S/C16H33N3O2/c1-5-9-17-16(3,15(20)21-6-2)8-7-10-19-13-11-18(4)12-14-19/h17H,5-14H2,1-4H3. The highest BCUT2D eigenvalue weighted by Crippen LogP contribution is 2.16. The maximum atomic E-state index is 12.2. The van der Waals surface area contributed by atoms with E-state index in [0.717, 1.165) is 58.5 Å². The van der Waals surface area contributed by atoms with Gasteiger partial charge in [0.2, 0.25) is 0 Å². The van der Waals surface area contributed by atoms with Gasteiger partial charge in [0.15, 0.2) is 0 Å². The van der Waals surface area contributed by atoms with E-state index in [1.165, 1.54) is 0 Å². The van der Waals surface area contributed by atoms with Crippen LogP contribution < -0.4 is 5.32 Å². The molecular weight excluding hydrogens is 266 g/mol. The van der Waals surface area contributed by atoms with Gasteiger partial charge < -0.3 is 19.9 Å². The fourth-order valence-corrected chi connectivity index (χ4v) is 2.68. The maximum Gasteiger partial charge on any atom is 0.326 e. The Morgan fingerprint density at radius 3 is 2.48 bits per heavy atom. The van der Waals surface area contributed by atoms with Crippen LogP contribution in [0.5, 0.6) is 0 Å². The molecule has 0 aromatic heterocycles. The lowest BCUT2D eigenvalue weighted by Gasteiger charge is -2.34. The van der Waals surface area contributed by atoms with Crippen molar-refractivity contribution < 1.29 is 9.53 Å². The zero-order chi connectivity index (χ0) is 15.7. The zero-order valence-electron chi connectivity index (χ0n) is 14.3. The maximum absolute atomic E-state index is 12.2. The normalized spacial score (nSPS) is 20.2. The lowest BCUT2D eigenvalue weighted by molar-refractivity contribution is -0.150. The molecule has 1 aliphatic rings. The number of likely N-dealkylation sites (N-methyl/N-ethyl adjacent to an activating group) is 1. The molecule has 0 spiro atoms. The van der Waals surface area contributed by atoms with Crippen LogP contribution >= 0.6 is 0 Å². The second kappa shape index (κ2) is 9.38. The molecule has 1 atom stereocenters. The van der Waals surface area contributed by atoms with Gasteiger partial charge in [0.1, 0.15) is 5.54 Å². The largest absolute Gasteiger partial charge is 0.465 e. The monoisotopic (exact) mass is 299 g/mol. The molecule has 0 saturated carbocycles. The van der Waals surface area contributed by atoms with Gasteiger partial charge in [0.05, 0.1) is 6.61 Å². The average molecular weight is 299 g/mol. The molecule has 5 nitrogen and oxygen atoms in total. The van der Waals surface area contributed by atoms with Gasteiger partial charge >= 0.3 is 5.97 Å². The van der Waals surface area contributed by atoms with Gasteiger partial charge in [-0.3, -0.25) is 4.79 Å². The smallest absolute Gasteiger partial charge is 0.326 e. The number of piperazine rings is 1. The molecule has 0 aromatic rings. The van der Waals surface area contributed by atoms with E-state index < -0.39 is 5.54 Å². The van der Waals surface area contributed by atoms with Crippen molar-refractivity contribution >= 4 is 5.97 Å². The van der Waals surface area contributed by atoms with Gasteiger partial charge in [0, 0.05) is 26.2 Å². The highest BCUT2D eigenvalue weighted by molar-refractivity contribution is 5.80. The number of hydrogen-bond acceptors (Lipinski definition) is 5. The first-order chi connectivity index (χ1) is 10.0. The highest BCUT2D eigenvalue weighted by Gasteiger charge is 2.33. The summed E-state index contributed by atoms with van der Waals surface area (Å²) in [6, 6.07) is 0. The summed E-state index contributed by atoms with van der Waals surface area (Å²) in [6.07, 6.45) is 2.88. The third kappa shape index (κ3) is 6.32. The molecule has 1 saturated heterocycles. The molecule has 0 amide bonds. The lowest BCUT2D eigenvalue weighted by atomic mass is 9.95. The Hall–Kier alpha value is -0.650. The molecule has 0 bridgehead atoms. The van der Waals surface area contributed by atoms with Crippen molar-refractivity contribution in [2.24, 2.45) is 0 Å². The van der Waals surface area contributed by atoms with Crippen molar-refractivity contribution in [3.63, 3.8) is 0 Å². The van der Waals surface area contributed by atoms with Gasteiger partial charge in [-0.25, -0.2) is 0 Å². The first kappa shape index (κ1) is 18.4. The topological polar surface area (TPSA) is 44.8 Å². The van der Waals surface area contributed by atoms with Crippen molar-refractivity contribution in [3.05, 3.63) is 0 Å². The Bertz CT molecular complexity index is 304. The van der Waals surface area contributed by atoms with E-state index in [0.29, 0.717) is 6.61 Å². The fraction of sp³-hybridized carbons (Fsp3) is 0.938. The molecule has 124 valence electrons. The Kier molecular flexibility index (Phi) is 8.22. The number of esters is 1. The first-order valence-electron chi connectivity index (χ1n) is 8.35. The summed E-state index contributed by atoms with van der Waals surface area (Å²) < 4.78 is 5.24. The van der Waals surface area contributed by atoms with E-state index in [1.54, 1.807) is 0 Å². The van der Waals surface area contributed by atoms with Gasteiger partial charge in [-0.15, -0.1) is 0 Å². The second-order valence-electron chi connectivity index (χ2n) is 6.23. The molecular formula is C16H33N3O2. The minimum absolute atomic E-state index is 0.114. The lowest BCUT2D eigenvalue weighted by Crippen LogP contribution is -2.51. The highest BCUT2D eigenvalue weighted by atomic mass is 16.5.